The first-order valence-electron chi connectivity index (χ1n) is 8.60. The molecule has 3 amide bonds. The maximum absolute atomic E-state index is 12.6. The standard InChI is InChI=1S/C18H21ClN4O2S/c19-15-7-6-14(26-15)12-22-8-10-23(11-9-22)16(17(24)21-18(20)25)13-4-2-1-3-5-13/h1-7,16H,8-12H2,(H3,20,21,24,25)/p+2/t16-/m0/s1. The van der Waals surface area contributed by atoms with Crippen molar-refractivity contribution in [1.82, 2.24) is 5.32 Å². The van der Waals surface area contributed by atoms with E-state index in [0.29, 0.717) is 0 Å². The number of urea groups is 1. The SMILES string of the molecule is NC(=O)NC(=O)[C@H](c1ccccc1)[NH+]1CC[NH+](Cc2ccc(Cl)s2)CC1. The first-order valence-corrected chi connectivity index (χ1v) is 9.80. The number of benzene rings is 1. The second kappa shape index (κ2) is 8.64. The molecule has 1 aliphatic heterocycles. The van der Waals surface area contributed by atoms with Crippen LogP contribution >= 0.6 is 22.9 Å². The number of nitrogens with two attached hydrogens (primary N) is 1. The van der Waals surface area contributed by atoms with Gasteiger partial charge >= 0.3 is 6.03 Å². The van der Waals surface area contributed by atoms with E-state index in [1.54, 1.807) is 11.3 Å². The number of rotatable bonds is 5. The van der Waals surface area contributed by atoms with E-state index in [0.717, 1.165) is 47.5 Å². The van der Waals surface area contributed by atoms with Crippen LogP contribution in [0.1, 0.15) is 16.5 Å². The van der Waals surface area contributed by atoms with Gasteiger partial charge in [-0.3, -0.25) is 10.1 Å². The van der Waals surface area contributed by atoms with E-state index in [9.17, 15) is 9.59 Å². The van der Waals surface area contributed by atoms with Crippen LogP contribution in [-0.4, -0.2) is 38.1 Å². The van der Waals surface area contributed by atoms with Gasteiger partial charge in [-0.15, -0.1) is 11.3 Å². The quantitative estimate of drug-likeness (QED) is 0.557. The Morgan fingerprint density at radius 3 is 2.38 bits per heavy atom. The molecule has 0 unspecified atom stereocenters. The van der Waals surface area contributed by atoms with E-state index >= 15 is 0 Å². The Morgan fingerprint density at radius 1 is 1.12 bits per heavy atom. The van der Waals surface area contributed by atoms with E-state index < -0.39 is 12.1 Å². The Kier molecular flexibility index (Phi) is 6.26. The van der Waals surface area contributed by atoms with Crippen LogP contribution in [0.2, 0.25) is 4.34 Å². The molecule has 1 fully saturated rings. The fourth-order valence-electron chi connectivity index (χ4n) is 3.49. The molecule has 1 atom stereocenters. The molecule has 2 aromatic rings. The zero-order valence-electron chi connectivity index (χ0n) is 14.3. The Bertz CT molecular complexity index is 760. The van der Waals surface area contributed by atoms with Crippen molar-refractivity contribution in [2.45, 2.75) is 12.6 Å². The van der Waals surface area contributed by atoms with Crippen LogP contribution in [0, 0.1) is 0 Å². The topological polar surface area (TPSA) is 81.1 Å². The summed E-state index contributed by atoms with van der Waals surface area (Å²) in [5, 5.41) is 2.25. The van der Waals surface area contributed by atoms with Gasteiger partial charge in [-0.1, -0.05) is 41.9 Å². The summed E-state index contributed by atoms with van der Waals surface area (Å²) in [5.41, 5.74) is 6.05. The molecular formula is C18H23ClN4O2S+2. The molecule has 3 rings (SSSR count). The Morgan fingerprint density at radius 2 is 1.81 bits per heavy atom. The number of primary amides is 1. The maximum Gasteiger partial charge on any atom is 0.319 e. The monoisotopic (exact) mass is 394 g/mol. The van der Waals surface area contributed by atoms with Crippen LogP contribution in [0.5, 0.6) is 0 Å². The highest BCUT2D eigenvalue weighted by atomic mass is 35.5. The predicted molar refractivity (Wildman–Crippen MR) is 101 cm³/mol. The summed E-state index contributed by atoms with van der Waals surface area (Å²) in [6, 6.07) is 12.3. The van der Waals surface area contributed by atoms with Crippen LogP contribution in [0.15, 0.2) is 42.5 Å². The van der Waals surface area contributed by atoms with Crippen LogP contribution < -0.4 is 20.9 Å². The van der Waals surface area contributed by atoms with E-state index in [1.807, 2.05) is 36.4 Å². The van der Waals surface area contributed by atoms with Crippen LogP contribution in [0.25, 0.3) is 0 Å². The molecule has 138 valence electrons. The number of nitrogens with one attached hydrogen (secondary N) is 3. The third-order valence-corrected chi connectivity index (χ3v) is 5.93. The largest absolute Gasteiger partial charge is 0.351 e. The predicted octanol–water partition coefficient (Wildman–Crippen LogP) is -0.379. The minimum Gasteiger partial charge on any atom is -0.351 e. The van der Waals surface area contributed by atoms with Crippen LogP contribution in [0.3, 0.4) is 0 Å². The summed E-state index contributed by atoms with van der Waals surface area (Å²) in [5.74, 6) is -0.341. The van der Waals surface area contributed by atoms with Gasteiger partial charge in [-0.2, -0.15) is 0 Å². The molecular weight excluding hydrogens is 372 g/mol. The second-order valence-corrected chi connectivity index (χ2v) is 8.29. The number of piperazine rings is 1. The number of hydrogen-bond acceptors (Lipinski definition) is 3. The van der Waals surface area contributed by atoms with Gasteiger partial charge in [-0.05, 0) is 12.1 Å². The number of thiophene rings is 1. The van der Waals surface area contributed by atoms with Crippen molar-refractivity contribution < 1.29 is 19.4 Å². The molecule has 0 aliphatic carbocycles. The van der Waals surface area contributed by atoms with E-state index in [-0.39, 0.29) is 5.91 Å². The number of imide groups is 1. The molecule has 1 saturated heterocycles. The van der Waals surface area contributed by atoms with Gasteiger partial charge < -0.3 is 15.5 Å². The molecule has 26 heavy (non-hydrogen) atoms. The Hall–Kier alpha value is -1.93. The van der Waals surface area contributed by atoms with Gasteiger partial charge in [0.15, 0.2) is 6.04 Å². The average Bonchev–Trinajstić information content (AvgIpc) is 3.02. The van der Waals surface area contributed by atoms with Crippen molar-refractivity contribution in [3.63, 3.8) is 0 Å². The highest BCUT2D eigenvalue weighted by Crippen LogP contribution is 2.20. The van der Waals surface area contributed by atoms with Gasteiger partial charge in [0.2, 0.25) is 0 Å². The maximum atomic E-state index is 12.6. The number of carbonyl (C=O) groups is 2. The fourth-order valence-corrected chi connectivity index (χ4v) is 4.65. The lowest BCUT2D eigenvalue weighted by molar-refractivity contribution is -1.03. The lowest BCUT2D eigenvalue weighted by atomic mass is 10.0. The summed E-state index contributed by atoms with van der Waals surface area (Å²) in [6.07, 6.45) is 0. The first-order chi connectivity index (χ1) is 12.5. The Balaban J connectivity index is 1.66. The molecule has 0 saturated carbocycles. The molecule has 2 heterocycles. The summed E-state index contributed by atoms with van der Waals surface area (Å²) >= 11 is 7.63. The normalized spacial score (nSPS) is 21.1. The molecule has 8 heteroatoms. The van der Waals surface area contributed by atoms with Gasteiger partial charge in [0.1, 0.15) is 32.7 Å². The molecule has 1 aliphatic rings. The zero-order valence-corrected chi connectivity index (χ0v) is 15.9. The molecule has 0 radical (unpaired) electrons. The van der Waals surface area contributed by atoms with Gasteiger partial charge in [0.25, 0.3) is 5.91 Å². The number of amides is 3. The van der Waals surface area contributed by atoms with Crippen LogP contribution in [-0.2, 0) is 11.3 Å². The lowest BCUT2D eigenvalue weighted by Gasteiger charge is -2.33. The number of quaternary nitrogens is 2. The molecule has 0 bridgehead atoms. The second-order valence-electron chi connectivity index (χ2n) is 6.49. The summed E-state index contributed by atoms with van der Waals surface area (Å²) in [6.45, 7) is 4.56. The zero-order chi connectivity index (χ0) is 18.5. The third-order valence-electron chi connectivity index (χ3n) is 4.70. The smallest absolute Gasteiger partial charge is 0.319 e. The highest BCUT2D eigenvalue weighted by Gasteiger charge is 2.36. The Labute approximate surface area is 161 Å². The number of hydrogen-bond donors (Lipinski definition) is 4. The number of halogens is 1. The summed E-state index contributed by atoms with van der Waals surface area (Å²) in [7, 11) is 0. The average molecular weight is 395 g/mol. The van der Waals surface area contributed by atoms with Crippen molar-refractivity contribution in [2.75, 3.05) is 26.2 Å². The van der Waals surface area contributed by atoms with Crippen molar-refractivity contribution in [2.24, 2.45) is 5.73 Å². The lowest BCUT2D eigenvalue weighted by Crippen LogP contribution is -3.28. The summed E-state index contributed by atoms with van der Waals surface area (Å²) < 4.78 is 0.816. The van der Waals surface area contributed by atoms with E-state index in [4.69, 9.17) is 17.3 Å². The van der Waals surface area contributed by atoms with Crippen molar-refractivity contribution >= 4 is 34.9 Å². The minimum atomic E-state index is -0.811. The number of carbonyl (C=O) groups excluding carboxylic acids is 2. The molecule has 1 aromatic heterocycles. The van der Waals surface area contributed by atoms with Crippen molar-refractivity contribution in [1.29, 1.82) is 0 Å². The highest BCUT2D eigenvalue weighted by molar-refractivity contribution is 7.16. The van der Waals surface area contributed by atoms with E-state index in [2.05, 4.69) is 11.4 Å². The minimum absolute atomic E-state index is 0.341. The van der Waals surface area contributed by atoms with Gasteiger partial charge in [-0.25, -0.2) is 4.79 Å². The fraction of sp³-hybridized carbons (Fsp3) is 0.333. The molecule has 5 N–H and O–H groups in total. The molecule has 6 nitrogen and oxygen atoms in total. The third kappa shape index (κ3) is 4.82. The van der Waals surface area contributed by atoms with Crippen molar-refractivity contribution in [3.05, 3.63) is 57.2 Å². The molecule has 0 spiro atoms. The van der Waals surface area contributed by atoms with Crippen molar-refractivity contribution in [3.8, 4) is 0 Å². The van der Waals surface area contributed by atoms with E-state index in [1.165, 1.54) is 9.78 Å². The summed E-state index contributed by atoms with van der Waals surface area (Å²) in [4.78, 5) is 27.6. The van der Waals surface area contributed by atoms with Gasteiger partial charge in [0, 0.05) is 5.56 Å². The van der Waals surface area contributed by atoms with Crippen LogP contribution in [0.4, 0.5) is 4.79 Å². The van der Waals surface area contributed by atoms with Gasteiger partial charge in [0.05, 0.1) is 9.21 Å². The molecule has 1 aromatic carbocycles. The first kappa shape index (κ1) is 18.8.